The van der Waals surface area contributed by atoms with Gasteiger partial charge in [-0.05, 0) is 31.2 Å². The molecule has 9 nitrogen and oxygen atoms in total. The van der Waals surface area contributed by atoms with E-state index in [-0.39, 0.29) is 30.0 Å². The average Bonchev–Trinajstić information content (AvgIpc) is 2.77. The predicted octanol–water partition coefficient (Wildman–Crippen LogP) is 2.89. The van der Waals surface area contributed by atoms with Crippen molar-refractivity contribution in [3.05, 3.63) is 28.8 Å². The van der Waals surface area contributed by atoms with Crippen LogP contribution >= 0.6 is 0 Å². The molecule has 0 saturated heterocycles. The highest BCUT2D eigenvalue weighted by Crippen LogP contribution is 2.29. The number of amides is 2. The van der Waals surface area contributed by atoms with Gasteiger partial charge in [0.05, 0.1) is 31.4 Å². The Balaban J connectivity index is 2.10. The van der Waals surface area contributed by atoms with Crippen LogP contribution in [0.3, 0.4) is 0 Å². The lowest BCUT2D eigenvalue weighted by Gasteiger charge is -2.24. The quantitative estimate of drug-likeness (QED) is 0.489. The molecule has 188 valence electrons. The monoisotopic (exact) mass is 474 g/mol. The van der Waals surface area contributed by atoms with Gasteiger partial charge in [-0.1, -0.05) is 40.5 Å². The van der Waals surface area contributed by atoms with E-state index in [9.17, 15) is 14.4 Å². The molecule has 2 aromatic rings. The third-order valence-corrected chi connectivity index (χ3v) is 5.72. The van der Waals surface area contributed by atoms with Gasteiger partial charge in [0.1, 0.15) is 12.6 Å². The van der Waals surface area contributed by atoms with Crippen molar-refractivity contribution in [2.24, 2.45) is 11.8 Å². The molecule has 0 aliphatic heterocycles. The smallest absolute Gasteiger partial charge is 0.261 e. The van der Waals surface area contributed by atoms with E-state index >= 15 is 0 Å². The number of benzene rings is 1. The summed E-state index contributed by atoms with van der Waals surface area (Å²) in [4.78, 5) is 42.8. The first kappa shape index (κ1) is 27.1. The predicted molar refractivity (Wildman–Crippen MR) is 132 cm³/mol. The number of hydrogen-bond acceptors (Lipinski definition) is 6. The zero-order valence-electron chi connectivity index (χ0n) is 21.3. The summed E-state index contributed by atoms with van der Waals surface area (Å²) in [5, 5.41) is 6.09. The highest BCUT2D eigenvalue weighted by atomic mass is 16.5. The fourth-order valence-electron chi connectivity index (χ4n) is 3.74. The molecule has 34 heavy (non-hydrogen) atoms. The summed E-state index contributed by atoms with van der Waals surface area (Å²) in [6.45, 7) is 9.82. The SMILES string of the molecule is COc1cc2ncn(CC(=O)N[C@H](C(=O)N[C@@H](C)CCCC(C)C)C(C)C)c(=O)c2cc1OC. The number of nitrogens with zero attached hydrogens (tertiary/aromatic N) is 2. The Morgan fingerprint density at radius 2 is 1.65 bits per heavy atom. The maximum absolute atomic E-state index is 12.9. The molecule has 0 saturated carbocycles. The summed E-state index contributed by atoms with van der Waals surface area (Å²) < 4.78 is 11.7. The fraction of sp³-hybridized carbons (Fsp3) is 0.600. The lowest BCUT2D eigenvalue weighted by molar-refractivity contribution is -0.130. The van der Waals surface area contributed by atoms with Gasteiger partial charge in [-0.2, -0.15) is 0 Å². The Morgan fingerprint density at radius 1 is 1.00 bits per heavy atom. The van der Waals surface area contributed by atoms with Crippen molar-refractivity contribution in [3.8, 4) is 11.5 Å². The molecule has 0 bridgehead atoms. The van der Waals surface area contributed by atoms with Crippen LogP contribution in [0.5, 0.6) is 11.5 Å². The molecule has 2 rings (SSSR count). The van der Waals surface area contributed by atoms with Gasteiger partial charge in [-0.15, -0.1) is 0 Å². The van der Waals surface area contributed by atoms with E-state index in [2.05, 4.69) is 29.5 Å². The van der Waals surface area contributed by atoms with Crippen LogP contribution in [0.1, 0.15) is 53.9 Å². The summed E-state index contributed by atoms with van der Waals surface area (Å²) in [5.74, 6) is 0.708. The van der Waals surface area contributed by atoms with Crippen molar-refractivity contribution < 1.29 is 19.1 Å². The van der Waals surface area contributed by atoms with Crippen LogP contribution < -0.4 is 25.7 Å². The molecular weight excluding hydrogens is 436 g/mol. The van der Waals surface area contributed by atoms with Gasteiger partial charge < -0.3 is 20.1 Å². The highest BCUT2D eigenvalue weighted by molar-refractivity contribution is 5.88. The fourth-order valence-corrected chi connectivity index (χ4v) is 3.74. The first-order valence-corrected chi connectivity index (χ1v) is 11.8. The van der Waals surface area contributed by atoms with Crippen LogP contribution in [0, 0.1) is 11.8 Å². The molecule has 2 amide bonds. The Kier molecular flexibility index (Phi) is 9.89. The van der Waals surface area contributed by atoms with Gasteiger partial charge >= 0.3 is 0 Å². The Hall–Kier alpha value is -3.10. The number of carbonyl (C=O) groups excluding carboxylic acids is 2. The Bertz CT molecular complexity index is 1050. The van der Waals surface area contributed by atoms with E-state index in [0.717, 1.165) is 19.3 Å². The van der Waals surface area contributed by atoms with Gasteiger partial charge in [-0.25, -0.2) is 4.98 Å². The van der Waals surface area contributed by atoms with Gasteiger partial charge in [0.25, 0.3) is 5.56 Å². The number of hydrogen-bond donors (Lipinski definition) is 2. The number of aromatic nitrogens is 2. The number of methoxy groups -OCH3 is 2. The minimum absolute atomic E-state index is 0.0173. The molecular formula is C25H38N4O5. The van der Waals surface area contributed by atoms with Crippen LogP contribution in [-0.2, 0) is 16.1 Å². The van der Waals surface area contributed by atoms with Gasteiger partial charge in [0, 0.05) is 12.1 Å². The van der Waals surface area contributed by atoms with Gasteiger partial charge in [0.15, 0.2) is 11.5 Å². The first-order valence-electron chi connectivity index (χ1n) is 11.8. The van der Waals surface area contributed by atoms with Crippen molar-refractivity contribution in [1.82, 2.24) is 20.2 Å². The van der Waals surface area contributed by atoms with Crippen LogP contribution in [0.2, 0.25) is 0 Å². The molecule has 1 heterocycles. The van der Waals surface area contributed by atoms with E-state index in [1.807, 2.05) is 20.8 Å². The van der Waals surface area contributed by atoms with E-state index in [4.69, 9.17) is 9.47 Å². The lowest BCUT2D eigenvalue weighted by Crippen LogP contribution is -2.52. The van der Waals surface area contributed by atoms with E-state index < -0.39 is 11.9 Å². The lowest BCUT2D eigenvalue weighted by atomic mass is 10.0. The largest absolute Gasteiger partial charge is 0.493 e. The van der Waals surface area contributed by atoms with E-state index in [0.29, 0.717) is 28.3 Å². The van der Waals surface area contributed by atoms with E-state index in [1.165, 1.54) is 25.1 Å². The van der Waals surface area contributed by atoms with Crippen molar-refractivity contribution in [2.75, 3.05) is 14.2 Å². The summed E-state index contributed by atoms with van der Waals surface area (Å²) >= 11 is 0. The molecule has 0 unspecified atom stereocenters. The molecule has 2 N–H and O–H groups in total. The molecule has 1 aromatic heterocycles. The maximum Gasteiger partial charge on any atom is 0.261 e. The third-order valence-electron chi connectivity index (χ3n) is 5.72. The summed E-state index contributed by atoms with van der Waals surface area (Å²) in [6.07, 6.45) is 4.34. The number of fused-ring (bicyclic) bond motifs is 1. The number of nitrogens with one attached hydrogen (secondary N) is 2. The zero-order valence-corrected chi connectivity index (χ0v) is 21.3. The average molecular weight is 475 g/mol. The molecule has 1 aromatic carbocycles. The zero-order chi connectivity index (χ0) is 25.4. The van der Waals surface area contributed by atoms with Crippen LogP contribution in [0.15, 0.2) is 23.3 Å². The number of rotatable bonds is 12. The third kappa shape index (κ3) is 7.20. The molecule has 0 fully saturated rings. The van der Waals surface area contributed by atoms with Crippen LogP contribution in [0.25, 0.3) is 10.9 Å². The summed E-state index contributed by atoms with van der Waals surface area (Å²) in [6, 6.07) is 2.47. The van der Waals surface area contributed by atoms with Crippen molar-refractivity contribution in [2.45, 2.75) is 72.5 Å². The highest BCUT2D eigenvalue weighted by Gasteiger charge is 2.25. The number of carbonyl (C=O) groups is 2. The van der Waals surface area contributed by atoms with Crippen molar-refractivity contribution >= 4 is 22.7 Å². The van der Waals surface area contributed by atoms with Crippen LogP contribution in [0.4, 0.5) is 0 Å². The number of ether oxygens (including phenoxy) is 2. The molecule has 2 atom stereocenters. The second-order valence-electron chi connectivity index (χ2n) is 9.43. The minimum Gasteiger partial charge on any atom is -0.493 e. The second kappa shape index (κ2) is 12.4. The molecule has 0 aliphatic rings. The van der Waals surface area contributed by atoms with Crippen molar-refractivity contribution in [1.29, 1.82) is 0 Å². The normalized spacial score (nSPS) is 13.1. The summed E-state index contributed by atoms with van der Waals surface area (Å²) in [5.41, 5.74) is 0.0515. The van der Waals surface area contributed by atoms with Gasteiger partial charge in [-0.3, -0.25) is 19.0 Å². The molecule has 0 aliphatic carbocycles. The maximum atomic E-state index is 12.9. The Morgan fingerprint density at radius 3 is 2.24 bits per heavy atom. The van der Waals surface area contributed by atoms with E-state index in [1.54, 1.807) is 12.1 Å². The molecule has 0 spiro atoms. The van der Waals surface area contributed by atoms with Crippen molar-refractivity contribution in [3.63, 3.8) is 0 Å². The standard InChI is InChI=1S/C25H38N4O5/c1-15(2)9-8-10-17(5)27-24(31)23(16(3)4)28-22(30)13-29-14-26-19-12-21(34-7)20(33-6)11-18(19)25(29)32/h11-12,14-17,23H,8-10,13H2,1-7H3,(H,27,31)(H,28,30)/t17-,23-/m0/s1. The first-order chi connectivity index (χ1) is 16.1. The minimum atomic E-state index is -0.700. The van der Waals surface area contributed by atoms with Gasteiger partial charge in [0.2, 0.25) is 11.8 Å². The molecule has 0 radical (unpaired) electrons. The topological polar surface area (TPSA) is 112 Å². The molecule has 9 heteroatoms. The van der Waals surface area contributed by atoms with Crippen LogP contribution in [-0.4, -0.2) is 47.7 Å². The summed E-state index contributed by atoms with van der Waals surface area (Å²) in [7, 11) is 2.98. The second-order valence-corrected chi connectivity index (χ2v) is 9.43. The Labute approximate surface area is 201 Å².